The van der Waals surface area contributed by atoms with Crippen LogP contribution in [0, 0.1) is 0 Å². The van der Waals surface area contributed by atoms with Crippen molar-refractivity contribution in [2.24, 2.45) is 0 Å². The van der Waals surface area contributed by atoms with Gasteiger partial charge in [0, 0.05) is 42.3 Å². The second-order valence-electron chi connectivity index (χ2n) is 7.39. The van der Waals surface area contributed by atoms with Crippen molar-refractivity contribution in [3.05, 3.63) is 47.2 Å². The number of carbonyl (C=O) groups is 2. The topological polar surface area (TPSA) is 88.1 Å². The van der Waals surface area contributed by atoms with E-state index < -0.39 is 0 Å². The van der Waals surface area contributed by atoms with E-state index in [1.807, 2.05) is 30.5 Å². The molecule has 0 aliphatic heterocycles. The number of carbonyl (C=O) groups excluding carboxylic acids is 2. The Hall–Kier alpha value is -2.54. The molecule has 0 saturated heterocycles. The van der Waals surface area contributed by atoms with Crippen LogP contribution in [-0.4, -0.2) is 34.3 Å². The molecule has 1 heterocycles. The molecule has 3 amide bonds. The third-order valence-corrected chi connectivity index (χ3v) is 5.28. The fourth-order valence-electron chi connectivity index (χ4n) is 3.41. The first kappa shape index (κ1) is 21.2. The molecule has 1 aliphatic rings. The zero-order chi connectivity index (χ0) is 20.5. The van der Waals surface area contributed by atoms with Gasteiger partial charge in [0.15, 0.2) is 0 Å². The maximum atomic E-state index is 12.0. The number of nitrogens with one attached hydrogen (secondary N) is 3. The Labute approximate surface area is 176 Å². The molecule has 0 unspecified atom stereocenters. The number of urea groups is 1. The molecule has 1 aromatic carbocycles. The molecule has 1 aliphatic carbocycles. The summed E-state index contributed by atoms with van der Waals surface area (Å²) in [6, 6.07) is 7.55. The van der Waals surface area contributed by atoms with E-state index in [1.165, 1.54) is 19.3 Å². The molecule has 0 spiro atoms. The molecule has 3 N–H and O–H groups in total. The lowest BCUT2D eigenvalue weighted by atomic mass is 9.96. The zero-order valence-electron chi connectivity index (χ0n) is 16.5. The Balaban J connectivity index is 1.30. The number of rotatable bonds is 8. The number of halogens is 1. The molecule has 0 bridgehead atoms. The highest BCUT2D eigenvalue weighted by molar-refractivity contribution is 6.30. The van der Waals surface area contributed by atoms with Crippen molar-refractivity contribution < 1.29 is 9.59 Å². The predicted molar refractivity (Wildman–Crippen MR) is 113 cm³/mol. The molecule has 2 aromatic rings. The number of benzene rings is 1. The number of amides is 3. The number of hydrogen-bond donors (Lipinski definition) is 3. The van der Waals surface area contributed by atoms with Crippen LogP contribution >= 0.6 is 11.6 Å². The number of nitrogens with zero attached hydrogens (tertiary/aromatic N) is 2. The van der Waals surface area contributed by atoms with Crippen LogP contribution < -0.4 is 16.0 Å². The summed E-state index contributed by atoms with van der Waals surface area (Å²) in [6.45, 7) is 0.905. The number of aromatic nitrogens is 2. The molecule has 7 nitrogen and oxygen atoms in total. The van der Waals surface area contributed by atoms with Gasteiger partial charge in [-0.25, -0.2) is 9.48 Å². The van der Waals surface area contributed by atoms with Crippen LogP contribution in [0.25, 0.3) is 5.69 Å². The Morgan fingerprint density at radius 1 is 1.10 bits per heavy atom. The molecule has 0 atom stereocenters. The van der Waals surface area contributed by atoms with Crippen LogP contribution in [0.3, 0.4) is 0 Å². The van der Waals surface area contributed by atoms with E-state index in [0.29, 0.717) is 37.0 Å². The standard InChI is InChI=1S/C21H28ClN5O2/c22-17-8-10-19(11-9-17)27-15-16(14-25-27)13-24-20(28)7-4-12-23-21(29)26-18-5-2-1-3-6-18/h8-11,14-15,18H,1-7,12-13H2,(H,24,28)(H2,23,26,29). The van der Waals surface area contributed by atoms with Gasteiger partial charge in [-0.15, -0.1) is 0 Å². The normalized spacial score (nSPS) is 14.4. The quantitative estimate of drug-likeness (QED) is 0.574. The van der Waals surface area contributed by atoms with Crippen LogP contribution in [0.5, 0.6) is 0 Å². The lowest BCUT2D eigenvalue weighted by Gasteiger charge is -2.22. The zero-order valence-corrected chi connectivity index (χ0v) is 17.3. The molecular weight excluding hydrogens is 390 g/mol. The van der Waals surface area contributed by atoms with E-state index in [4.69, 9.17) is 11.6 Å². The third kappa shape index (κ3) is 7.09. The van der Waals surface area contributed by atoms with Crippen LogP contribution in [0.4, 0.5) is 4.79 Å². The Morgan fingerprint density at radius 2 is 1.86 bits per heavy atom. The molecule has 0 radical (unpaired) electrons. The smallest absolute Gasteiger partial charge is 0.315 e. The summed E-state index contributed by atoms with van der Waals surface area (Å²) >= 11 is 5.90. The van der Waals surface area contributed by atoms with Crippen LogP contribution in [0.15, 0.2) is 36.7 Å². The van der Waals surface area contributed by atoms with E-state index in [-0.39, 0.29) is 11.9 Å². The van der Waals surface area contributed by atoms with Gasteiger partial charge < -0.3 is 16.0 Å². The SMILES string of the molecule is O=C(CCCNC(=O)NC1CCCCC1)NCc1cnn(-c2ccc(Cl)cc2)c1. The minimum atomic E-state index is -0.132. The fraction of sp³-hybridized carbons (Fsp3) is 0.476. The molecule has 8 heteroatoms. The van der Waals surface area contributed by atoms with Crippen molar-refractivity contribution in [1.29, 1.82) is 0 Å². The highest BCUT2D eigenvalue weighted by atomic mass is 35.5. The van der Waals surface area contributed by atoms with Crippen molar-refractivity contribution in [1.82, 2.24) is 25.7 Å². The molecule has 29 heavy (non-hydrogen) atoms. The Morgan fingerprint density at radius 3 is 2.62 bits per heavy atom. The van der Waals surface area contributed by atoms with Gasteiger partial charge in [-0.1, -0.05) is 30.9 Å². The van der Waals surface area contributed by atoms with Gasteiger partial charge >= 0.3 is 6.03 Å². The largest absolute Gasteiger partial charge is 0.352 e. The Bertz CT molecular complexity index is 800. The molecule has 1 aromatic heterocycles. The first-order valence-corrected chi connectivity index (χ1v) is 10.6. The average molecular weight is 418 g/mol. The summed E-state index contributed by atoms with van der Waals surface area (Å²) < 4.78 is 1.74. The monoisotopic (exact) mass is 417 g/mol. The fourth-order valence-corrected chi connectivity index (χ4v) is 3.54. The van der Waals surface area contributed by atoms with Gasteiger partial charge in [0.05, 0.1) is 11.9 Å². The summed E-state index contributed by atoms with van der Waals surface area (Å²) in [4.78, 5) is 23.9. The summed E-state index contributed by atoms with van der Waals surface area (Å²) in [5, 5.41) is 13.7. The van der Waals surface area contributed by atoms with Gasteiger partial charge in [0.1, 0.15) is 0 Å². The molecule has 1 saturated carbocycles. The van der Waals surface area contributed by atoms with Gasteiger partial charge in [0.25, 0.3) is 0 Å². The van der Waals surface area contributed by atoms with Gasteiger partial charge in [-0.3, -0.25) is 4.79 Å². The van der Waals surface area contributed by atoms with E-state index >= 15 is 0 Å². The van der Waals surface area contributed by atoms with E-state index in [1.54, 1.807) is 10.9 Å². The van der Waals surface area contributed by atoms with Crippen LogP contribution in [0.2, 0.25) is 5.02 Å². The summed E-state index contributed by atoms with van der Waals surface area (Å²) in [5.74, 6) is -0.0428. The maximum Gasteiger partial charge on any atom is 0.315 e. The lowest BCUT2D eigenvalue weighted by Crippen LogP contribution is -2.43. The van der Waals surface area contributed by atoms with Gasteiger partial charge in [-0.2, -0.15) is 5.10 Å². The van der Waals surface area contributed by atoms with Gasteiger partial charge in [0.2, 0.25) is 5.91 Å². The van der Waals surface area contributed by atoms with Crippen LogP contribution in [0.1, 0.15) is 50.5 Å². The first-order valence-electron chi connectivity index (χ1n) is 10.2. The summed E-state index contributed by atoms with van der Waals surface area (Å²) in [5.41, 5.74) is 1.82. The predicted octanol–water partition coefficient (Wildman–Crippen LogP) is 3.55. The van der Waals surface area contributed by atoms with Crippen molar-refractivity contribution >= 4 is 23.5 Å². The first-order chi connectivity index (χ1) is 14.1. The molecular formula is C21H28ClN5O2. The maximum absolute atomic E-state index is 12.0. The van der Waals surface area contributed by atoms with E-state index in [2.05, 4.69) is 21.0 Å². The Kier molecular flexibility index (Phi) is 7.93. The minimum Gasteiger partial charge on any atom is -0.352 e. The second-order valence-corrected chi connectivity index (χ2v) is 7.82. The molecule has 156 valence electrons. The summed E-state index contributed by atoms with van der Waals surface area (Å²) in [7, 11) is 0. The van der Waals surface area contributed by atoms with E-state index in [9.17, 15) is 9.59 Å². The minimum absolute atomic E-state index is 0.0428. The highest BCUT2D eigenvalue weighted by Crippen LogP contribution is 2.17. The van der Waals surface area contributed by atoms with Gasteiger partial charge in [-0.05, 0) is 43.5 Å². The van der Waals surface area contributed by atoms with Crippen molar-refractivity contribution in [3.8, 4) is 5.69 Å². The second kappa shape index (κ2) is 10.9. The summed E-state index contributed by atoms with van der Waals surface area (Å²) in [6.07, 6.45) is 10.3. The highest BCUT2D eigenvalue weighted by Gasteiger charge is 2.15. The van der Waals surface area contributed by atoms with Crippen molar-refractivity contribution in [2.45, 2.75) is 57.5 Å². The van der Waals surface area contributed by atoms with Crippen molar-refractivity contribution in [2.75, 3.05) is 6.54 Å². The lowest BCUT2D eigenvalue weighted by molar-refractivity contribution is -0.121. The third-order valence-electron chi connectivity index (χ3n) is 5.02. The van der Waals surface area contributed by atoms with Crippen LogP contribution in [-0.2, 0) is 11.3 Å². The van der Waals surface area contributed by atoms with E-state index in [0.717, 1.165) is 24.1 Å². The number of hydrogen-bond acceptors (Lipinski definition) is 3. The van der Waals surface area contributed by atoms with Crippen molar-refractivity contribution in [3.63, 3.8) is 0 Å². The average Bonchev–Trinajstić information content (AvgIpc) is 3.20. The molecule has 1 fully saturated rings. The molecule has 3 rings (SSSR count).